The molecule has 0 aliphatic carbocycles. The zero-order chi connectivity index (χ0) is 13.1. The molecule has 0 bridgehead atoms. The van der Waals surface area contributed by atoms with Gasteiger partial charge in [-0.15, -0.1) is 0 Å². The lowest BCUT2D eigenvalue weighted by Crippen LogP contribution is -1.88. The summed E-state index contributed by atoms with van der Waals surface area (Å²) in [5, 5.41) is 15.8. The van der Waals surface area contributed by atoms with Gasteiger partial charge in [-0.25, -0.2) is 9.97 Å². The monoisotopic (exact) mass is 248 g/mol. The highest BCUT2D eigenvalue weighted by Crippen LogP contribution is 2.17. The van der Waals surface area contributed by atoms with E-state index in [1.54, 1.807) is 30.6 Å². The van der Waals surface area contributed by atoms with Gasteiger partial charge in [-0.2, -0.15) is 10.4 Å². The summed E-state index contributed by atoms with van der Waals surface area (Å²) in [6, 6.07) is 10.8. The van der Waals surface area contributed by atoms with E-state index in [0.717, 1.165) is 5.56 Å². The third kappa shape index (κ3) is 2.17. The topological polar surface area (TPSA) is 91.1 Å². The zero-order valence-electron chi connectivity index (χ0n) is 9.78. The van der Waals surface area contributed by atoms with Gasteiger partial charge in [0, 0.05) is 18.0 Å². The molecule has 6 heteroatoms. The summed E-state index contributed by atoms with van der Waals surface area (Å²) in [7, 11) is 0. The van der Waals surface area contributed by atoms with Crippen molar-refractivity contribution in [1.82, 2.24) is 25.1 Å². The van der Waals surface area contributed by atoms with Crippen molar-refractivity contribution >= 4 is 0 Å². The highest BCUT2D eigenvalue weighted by molar-refractivity contribution is 5.58. The molecule has 19 heavy (non-hydrogen) atoms. The van der Waals surface area contributed by atoms with Crippen LogP contribution in [0.4, 0.5) is 0 Å². The Kier molecular flexibility index (Phi) is 2.71. The Morgan fingerprint density at radius 3 is 2.68 bits per heavy atom. The second kappa shape index (κ2) is 4.66. The number of aromatic amines is 1. The predicted molar refractivity (Wildman–Crippen MR) is 67.6 cm³/mol. The Morgan fingerprint density at radius 2 is 1.89 bits per heavy atom. The van der Waals surface area contributed by atoms with Gasteiger partial charge in [0.1, 0.15) is 17.5 Å². The Balaban J connectivity index is 2.00. The van der Waals surface area contributed by atoms with Crippen LogP contribution >= 0.6 is 0 Å². The van der Waals surface area contributed by atoms with Crippen LogP contribution in [0.2, 0.25) is 0 Å². The average Bonchev–Trinajstić information content (AvgIpc) is 2.98. The van der Waals surface area contributed by atoms with Crippen LogP contribution in [-0.2, 0) is 0 Å². The lowest BCUT2D eigenvalue weighted by Gasteiger charge is -1.94. The molecule has 1 N–H and O–H groups in total. The van der Waals surface area contributed by atoms with E-state index in [9.17, 15) is 0 Å². The normalized spacial score (nSPS) is 10.1. The number of pyridine rings is 2. The molecule has 0 saturated heterocycles. The highest BCUT2D eigenvalue weighted by Gasteiger charge is 2.08. The molecular formula is C13H8N6. The molecule has 0 fully saturated rings. The van der Waals surface area contributed by atoms with Crippen LogP contribution in [0, 0.1) is 11.3 Å². The van der Waals surface area contributed by atoms with Crippen LogP contribution < -0.4 is 0 Å². The van der Waals surface area contributed by atoms with E-state index in [4.69, 9.17) is 5.26 Å². The Bertz CT molecular complexity index is 741. The van der Waals surface area contributed by atoms with Gasteiger partial charge in [-0.3, -0.25) is 10.1 Å². The number of nitrogens with zero attached hydrogens (tertiary/aromatic N) is 5. The van der Waals surface area contributed by atoms with Gasteiger partial charge >= 0.3 is 0 Å². The first-order chi connectivity index (χ1) is 9.36. The van der Waals surface area contributed by atoms with Crippen LogP contribution in [0.1, 0.15) is 5.69 Å². The van der Waals surface area contributed by atoms with Crippen molar-refractivity contribution in [2.45, 2.75) is 0 Å². The Labute approximate surface area is 108 Å². The molecule has 0 aliphatic rings. The van der Waals surface area contributed by atoms with Crippen molar-refractivity contribution in [3.05, 3.63) is 48.4 Å². The summed E-state index contributed by atoms with van der Waals surface area (Å²) >= 11 is 0. The predicted octanol–water partition coefficient (Wildman–Crippen LogP) is 1.80. The SMILES string of the molecule is N#Cc1cccc(-c2nc(-c3ccncc3)n[nH]2)n1. The van der Waals surface area contributed by atoms with E-state index in [0.29, 0.717) is 23.0 Å². The molecule has 3 rings (SSSR count). The van der Waals surface area contributed by atoms with E-state index in [1.807, 2.05) is 18.2 Å². The van der Waals surface area contributed by atoms with Crippen molar-refractivity contribution in [1.29, 1.82) is 5.26 Å². The lowest BCUT2D eigenvalue weighted by molar-refractivity contribution is 1.09. The molecule has 0 atom stereocenters. The molecule has 0 radical (unpaired) electrons. The van der Waals surface area contributed by atoms with Crippen LogP contribution in [0.15, 0.2) is 42.7 Å². The number of hydrogen-bond acceptors (Lipinski definition) is 5. The van der Waals surface area contributed by atoms with Crippen LogP contribution in [0.3, 0.4) is 0 Å². The summed E-state index contributed by atoms with van der Waals surface area (Å²) in [6.07, 6.45) is 3.36. The molecule has 3 heterocycles. The van der Waals surface area contributed by atoms with Gasteiger partial charge in [-0.1, -0.05) is 6.07 Å². The fourth-order valence-electron chi connectivity index (χ4n) is 1.64. The summed E-state index contributed by atoms with van der Waals surface area (Å²) < 4.78 is 0. The maximum Gasteiger partial charge on any atom is 0.181 e. The first-order valence-corrected chi connectivity index (χ1v) is 5.57. The number of nitriles is 1. The van der Waals surface area contributed by atoms with E-state index < -0.39 is 0 Å². The van der Waals surface area contributed by atoms with Gasteiger partial charge in [0.25, 0.3) is 0 Å². The van der Waals surface area contributed by atoms with Crippen LogP contribution in [0.5, 0.6) is 0 Å². The third-order valence-electron chi connectivity index (χ3n) is 2.53. The molecule has 3 aromatic rings. The van der Waals surface area contributed by atoms with E-state index in [1.165, 1.54) is 0 Å². The maximum atomic E-state index is 8.83. The fraction of sp³-hybridized carbons (Fsp3) is 0. The average molecular weight is 248 g/mol. The summed E-state index contributed by atoms with van der Waals surface area (Å²) in [4.78, 5) is 12.5. The lowest BCUT2D eigenvalue weighted by atomic mass is 10.2. The largest absolute Gasteiger partial charge is 0.265 e. The van der Waals surface area contributed by atoms with Crippen molar-refractivity contribution in [2.24, 2.45) is 0 Å². The van der Waals surface area contributed by atoms with Crippen molar-refractivity contribution in [3.8, 4) is 29.0 Å². The van der Waals surface area contributed by atoms with Crippen molar-refractivity contribution < 1.29 is 0 Å². The molecule has 0 spiro atoms. The molecule has 0 unspecified atom stereocenters. The number of H-pyrrole nitrogens is 1. The molecule has 90 valence electrons. The van der Waals surface area contributed by atoms with Gasteiger partial charge in [0.2, 0.25) is 0 Å². The zero-order valence-corrected chi connectivity index (χ0v) is 9.78. The molecule has 6 nitrogen and oxygen atoms in total. The molecule has 3 aromatic heterocycles. The number of hydrogen-bond donors (Lipinski definition) is 1. The minimum absolute atomic E-state index is 0.347. The second-order valence-corrected chi connectivity index (χ2v) is 3.76. The van der Waals surface area contributed by atoms with Gasteiger partial charge in [0.15, 0.2) is 11.6 Å². The third-order valence-corrected chi connectivity index (χ3v) is 2.53. The minimum atomic E-state index is 0.347. The van der Waals surface area contributed by atoms with Crippen molar-refractivity contribution in [2.75, 3.05) is 0 Å². The maximum absolute atomic E-state index is 8.83. The first kappa shape index (κ1) is 11.0. The molecule has 0 aromatic carbocycles. The molecule has 0 amide bonds. The van der Waals surface area contributed by atoms with Crippen LogP contribution in [0.25, 0.3) is 22.9 Å². The van der Waals surface area contributed by atoms with E-state index >= 15 is 0 Å². The second-order valence-electron chi connectivity index (χ2n) is 3.76. The van der Waals surface area contributed by atoms with Gasteiger partial charge in [-0.05, 0) is 24.3 Å². The Hall–Kier alpha value is -3.07. The smallest absolute Gasteiger partial charge is 0.181 e. The van der Waals surface area contributed by atoms with Crippen LogP contribution in [-0.4, -0.2) is 25.1 Å². The Morgan fingerprint density at radius 1 is 1.05 bits per heavy atom. The van der Waals surface area contributed by atoms with E-state index in [2.05, 4.69) is 25.1 Å². The molecule has 0 saturated carbocycles. The standard InChI is InChI=1S/C13H8N6/c14-8-10-2-1-3-11(16-10)13-17-12(18-19-13)9-4-6-15-7-5-9/h1-7H,(H,17,18,19). The quantitative estimate of drug-likeness (QED) is 0.746. The molecular weight excluding hydrogens is 240 g/mol. The van der Waals surface area contributed by atoms with Gasteiger partial charge in [0.05, 0.1) is 0 Å². The summed E-state index contributed by atoms with van der Waals surface area (Å²) in [6.45, 7) is 0. The number of rotatable bonds is 2. The summed E-state index contributed by atoms with van der Waals surface area (Å²) in [5.41, 5.74) is 1.81. The summed E-state index contributed by atoms with van der Waals surface area (Å²) in [5.74, 6) is 1.10. The number of aromatic nitrogens is 5. The number of nitrogens with one attached hydrogen (secondary N) is 1. The van der Waals surface area contributed by atoms with Gasteiger partial charge < -0.3 is 0 Å². The minimum Gasteiger partial charge on any atom is -0.265 e. The van der Waals surface area contributed by atoms with Crippen molar-refractivity contribution in [3.63, 3.8) is 0 Å². The first-order valence-electron chi connectivity index (χ1n) is 5.57. The molecule has 0 aliphatic heterocycles. The van der Waals surface area contributed by atoms with E-state index in [-0.39, 0.29) is 0 Å². The fourth-order valence-corrected chi connectivity index (χ4v) is 1.64. The highest BCUT2D eigenvalue weighted by atomic mass is 15.2.